The maximum Gasteiger partial charge on any atom is 0.240 e. The molecule has 2 aromatic carbocycles. The van der Waals surface area contributed by atoms with Crippen LogP contribution in [0.4, 0.5) is 5.69 Å². The van der Waals surface area contributed by atoms with Gasteiger partial charge in [0.1, 0.15) is 16.9 Å². The van der Waals surface area contributed by atoms with Gasteiger partial charge in [0.2, 0.25) is 11.8 Å². The molecular weight excluding hydrogens is 492 g/mol. The second kappa shape index (κ2) is 9.34. The van der Waals surface area contributed by atoms with Crippen molar-refractivity contribution in [2.24, 2.45) is 0 Å². The number of amides is 2. The zero-order chi connectivity index (χ0) is 26.4. The van der Waals surface area contributed by atoms with Crippen LogP contribution in [-0.4, -0.2) is 49.8 Å². The minimum atomic E-state index is -0.921. The van der Waals surface area contributed by atoms with Gasteiger partial charge >= 0.3 is 0 Å². The van der Waals surface area contributed by atoms with Gasteiger partial charge in [0.05, 0.1) is 31.8 Å². The number of likely N-dealkylation sites (tertiary alicyclic amines) is 1. The first-order valence-corrected chi connectivity index (χ1v) is 13.3. The van der Waals surface area contributed by atoms with E-state index in [0.29, 0.717) is 32.7 Å². The summed E-state index contributed by atoms with van der Waals surface area (Å²) in [5.41, 5.74) is 3.36. The normalized spacial score (nSPS) is 21.9. The predicted octanol–water partition coefficient (Wildman–Crippen LogP) is 3.46. The van der Waals surface area contributed by atoms with Gasteiger partial charge in [-0.25, -0.2) is 0 Å². The van der Waals surface area contributed by atoms with E-state index in [1.165, 1.54) is 0 Å². The second-order valence-corrected chi connectivity index (χ2v) is 10.4. The molecule has 7 rings (SSSR count). The average Bonchev–Trinajstić information content (AvgIpc) is 3.65. The summed E-state index contributed by atoms with van der Waals surface area (Å²) < 4.78 is 7.92. The number of carbonyl (C=O) groups is 2. The van der Waals surface area contributed by atoms with Gasteiger partial charge < -0.3 is 14.5 Å². The fourth-order valence-corrected chi connectivity index (χ4v) is 6.43. The fourth-order valence-electron chi connectivity index (χ4n) is 6.43. The molecule has 0 saturated carbocycles. The number of rotatable bonds is 2. The zero-order valence-electron chi connectivity index (χ0n) is 21.4. The van der Waals surface area contributed by atoms with Gasteiger partial charge in [0.15, 0.2) is 0 Å². The van der Waals surface area contributed by atoms with Crippen molar-refractivity contribution in [1.29, 1.82) is 0 Å². The maximum absolute atomic E-state index is 14.6. The average molecular weight is 521 g/mol. The number of fused-ring (bicyclic) bond motifs is 8. The number of hydrogen-bond acceptors (Lipinski definition) is 6. The third kappa shape index (κ3) is 3.88. The Labute approximate surface area is 226 Å². The smallest absolute Gasteiger partial charge is 0.240 e. The molecule has 196 valence electrons. The third-order valence-corrected chi connectivity index (χ3v) is 8.11. The highest BCUT2D eigenvalue weighted by Crippen LogP contribution is 2.57. The van der Waals surface area contributed by atoms with Crippen LogP contribution in [0, 0.1) is 0 Å². The van der Waals surface area contributed by atoms with E-state index in [4.69, 9.17) is 4.74 Å². The molecule has 3 aliphatic rings. The van der Waals surface area contributed by atoms with Crippen LogP contribution in [0.25, 0.3) is 0 Å². The molecule has 0 unspecified atom stereocenters. The van der Waals surface area contributed by atoms with Gasteiger partial charge in [-0.05, 0) is 47.4 Å². The van der Waals surface area contributed by atoms with Crippen LogP contribution in [0.15, 0.2) is 79.3 Å². The molecule has 39 heavy (non-hydrogen) atoms. The van der Waals surface area contributed by atoms with Crippen molar-refractivity contribution in [2.45, 2.75) is 43.8 Å². The van der Waals surface area contributed by atoms with Gasteiger partial charge in [-0.15, -0.1) is 5.10 Å². The van der Waals surface area contributed by atoms with Crippen molar-refractivity contribution >= 4 is 17.5 Å². The Morgan fingerprint density at radius 3 is 2.90 bits per heavy atom. The topological polar surface area (TPSA) is 93.5 Å². The number of pyridine rings is 1. The standard InChI is InChI=1S/C30H28N6O3/c37-27(16-21-6-4-12-31-18-21)35-14-11-30-25-9-1-2-10-26(25)36(29(30)38)20-23-19-34(33-32-23)13-5-15-39-24-8-3-7-22(17-24)28(30)35/h1-4,6-10,12,17-19,28H,5,11,13-16,20H2/t28-,30-/m0/s1. The molecule has 3 aliphatic heterocycles. The van der Waals surface area contributed by atoms with Crippen LogP contribution in [0.5, 0.6) is 5.75 Å². The molecule has 0 N–H and O–H groups in total. The van der Waals surface area contributed by atoms with Crippen molar-refractivity contribution in [3.05, 3.63) is 102 Å². The van der Waals surface area contributed by atoms with Crippen molar-refractivity contribution in [3.8, 4) is 5.75 Å². The number of aromatic nitrogens is 4. The molecule has 2 atom stereocenters. The number of hydrogen-bond donors (Lipinski definition) is 0. The quantitative estimate of drug-likeness (QED) is 0.402. The first-order valence-electron chi connectivity index (χ1n) is 13.3. The van der Waals surface area contributed by atoms with E-state index in [9.17, 15) is 9.59 Å². The van der Waals surface area contributed by atoms with Gasteiger partial charge in [0.25, 0.3) is 0 Å². The minimum Gasteiger partial charge on any atom is -0.494 e. The van der Waals surface area contributed by atoms with Crippen LogP contribution < -0.4 is 9.64 Å². The summed E-state index contributed by atoms with van der Waals surface area (Å²) in [7, 11) is 0. The molecule has 9 nitrogen and oxygen atoms in total. The Morgan fingerprint density at radius 2 is 2.00 bits per heavy atom. The number of ether oxygens (including phenoxy) is 1. The summed E-state index contributed by atoms with van der Waals surface area (Å²) in [4.78, 5) is 36.4. The van der Waals surface area contributed by atoms with Crippen molar-refractivity contribution in [2.75, 3.05) is 18.1 Å². The highest BCUT2D eigenvalue weighted by Gasteiger charge is 2.61. The molecule has 1 spiro atoms. The number of nitrogens with zero attached hydrogens (tertiary/aromatic N) is 6. The highest BCUT2D eigenvalue weighted by atomic mass is 16.5. The van der Waals surface area contributed by atoms with Crippen molar-refractivity contribution in [3.63, 3.8) is 0 Å². The second-order valence-electron chi connectivity index (χ2n) is 10.4. The molecule has 2 aromatic heterocycles. The number of carbonyl (C=O) groups excluding carboxylic acids is 2. The molecule has 9 heteroatoms. The summed E-state index contributed by atoms with van der Waals surface area (Å²) in [6, 6.07) is 19.1. The molecular formula is C30H28N6O3. The van der Waals surface area contributed by atoms with Crippen LogP contribution in [0.2, 0.25) is 0 Å². The number of para-hydroxylation sites is 1. The molecule has 2 amide bonds. The van der Waals surface area contributed by atoms with E-state index in [-0.39, 0.29) is 18.2 Å². The van der Waals surface area contributed by atoms with E-state index in [1.54, 1.807) is 17.1 Å². The van der Waals surface area contributed by atoms with Crippen molar-refractivity contribution < 1.29 is 14.3 Å². The molecule has 4 aromatic rings. The lowest BCUT2D eigenvalue weighted by atomic mass is 9.72. The largest absolute Gasteiger partial charge is 0.494 e. The van der Waals surface area contributed by atoms with Crippen LogP contribution in [-0.2, 0) is 34.5 Å². The lowest BCUT2D eigenvalue weighted by Crippen LogP contribution is -2.45. The number of benzene rings is 2. The van der Waals surface area contributed by atoms with Gasteiger partial charge in [0, 0.05) is 37.6 Å². The van der Waals surface area contributed by atoms with Gasteiger partial charge in [-0.2, -0.15) is 0 Å². The molecule has 0 aliphatic carbocycles. The third-order valence-electron chi connectivity index (χ3n) is 8.11. The molecule has 5 heterocycles. The Morgan fingerprint density at radius 1 is 1.08 bits per heavy atom. The number of anilines is 1. The Hall–Kier alpha value is -4.53. The Kier molecular flexibility index (Phi) is 5.65. The van der Waals surface area contributed by atoms with E-state index in [1.807, 2.05) is 76.7 Å². The van der Waals surface area contributed by atoms with Crippen molar-refractivity contribution in [1.82, 2.24) is 24.9 Å². The molecule has 1 saturated heterocycles. The zero-order valence-corrected chi connectivity index (χ0v) is 21.4. The first kappa shape index (κ1) is 23.6. The maximum atomic E-state index is 14.6. The fraction of sp³-hybridized carbons (Fsp3) is 0.300. The van der Waals surface area contributed by atoms with Gasteiger partial charge in [-0.3, -0.25) is 19.3 Å². The summed E-state index contributed by atoms with van der Waals surface area (Å²) in [5, 5.41) is 8.62. The Bertz CT molecular complexity index is 1550. The molecule has 0 radical (unpaired) electrons. The lowest BCUT2D eigenvalue weighted by molar-refractivity contribution is -0.133. The first-order chi connectivity index (χ1) is 19.1. The summed E-state index contributed by atoms with van der Waals surface area (Å²) in [6.45, 7) is 1.98. The van der Waals surface area contributed by atoms with Crippen LogP contribution in [0.3, 0.4) is 0 Å². The minimum absolute atomic E-state index is 0.0129. The monoisotopic (exact) mass is 520 g/mol. The highest BCUT2D eigenvalue weighted by molar-refractivity contribution is 6.09. The molecule has 1 fully saturated rings. The summed E-state index contributed by atoms with van der Waals surface area (Å²) >= 11 is 0. The number of aryl methyl sites for hydroxylation is 1. The summed E-state index contributed by atoms with van der Waals surface area (Å²) in [6.07, 6.45) is 6.84. The van der Waals surface area contributed by atoms with E-state index in [0.717, 1.165) is 40.2 Å². The van der Waals surface area contributed by atoms with Gasteiger partial charge in [-0.1, -0.05) is 41.6 Å². The lowest BCUT2D eigenvalue weighted by Gasteiger charge is -2.35. The van der Waals surface area contributed by atoms with E-state index in [2.05, 4.69) is 15.3 Å². The Balaban J connectivity index is 1.38. The predicted molar refractivity (Wildman–Crippen MR) is 143 cm³/mol. The SMILES string of the molecule is O=C(Cc1cccnc1)N1CC[C@@]23C(=O)N(Cc4cn(nn4)CCCOc4cccc(c4)[C@H]12)c1ccccc13. The van der Waals surface area contributed by atoms with Crippen LogP contribution >= 0.6 is 0 Å². The summed E-state index contributed by atoms with van der Waals surface area (Å²) in [5.74, 6) is 0.681. The van der Waals surface area contributed by atoms with E-state index < -0.39 is 11.5 Å². The van der Waals surface area contributed by atoms with Crippen LogP contribution in [0.1, 0.15) is 41.3 Å². The van der Waals surface area contributed by atoms with E-state index >= 15 is 0 Å². The molecule has 6 bridgehead atoms.